The summed E-state index contributed by atoms with van der Waals surface area (Å²) in [7, 11) is 0. The molecule has 0 fully saturated rings. The van der Waals surface area contributed by atoms with E-state index in [1.807, 2.05) is 13.0 Å². The summed E-state index contributed by atoms with van der Waals surface area (Å²) in [6.07, 6.45) is 1.42. The van der Waals surface area contributed by atoms with Crippen molar-refractivity contribution in [1.29, 1.82) is 0 Å². The molecule has 0 amide bonds. The first-order valence-electron chi connectivity index (χ1n) is 3.20. The van der Waals surface area contributed by atoms with Gasteiger partial charge >= 0.3 is 0 Å². The standard InChI is InChI=1S/C6H7N5/c1-4-2-5-8-3-9-6(7)11(5)10-4/h2-3H,1H3,(H2,7,8,9). The van der Waals surface area contributed by atoms with Crippen LogP contribution in [0.25, 0.3) is 5.65 Å². The van der Waals surface area contributed by atoms with E-state index in [-0.39, 0.29) is 0 Å². The van der Waals surface area contributed by atoms with Crippen LogP contribution in [-0.4, -0.2) is 19.6 Å². The molecule has 0 aliphatic carbocycles. The Morgan fingerprint density at radius 2 is 2.27 bits per heavy atom. The monoisotopic (exact) mass is 149 g/mol. The van der Waals surface area contributed by atoms with Crippen LogP contribution in [0.4, 0.5) is 5.95 Å². The van der Waals surface area contributed by atoms with Crippen LogP contribution in [0, 0.1) is 6.92 Å². The van der Waals surface area contributed by atoms with E-state index in [9.17, 15) is 0 Å². The number of nitrogens with zero attached hydrogens (tertiary/aromatic N) is 4. The first-order chi connectivity index (χ1) is 5.27. The van der Waals surface area contributed by atoms with Crippen molar-refractivity contribution in [1.82, 2.24) is 19.6 Å². The molecule has 0 saturated heterocycles. The van der Waals surface area contributed by atoms with Crippen molar-refractivity contribution in [2.75, 3.05) is 5.73 Å². The fourth-order valence-electron chi connectivity index (χ4n) is 0.948. The van der Waals surface area contributed by atoms with E-state index in [1.165, 1.54) is 10.8 Å². The molecule has 11 heavy (non-hydrogen) atoms. The Labute approximate surface area is 62.9 Å². The van der Waals surface area contributed by atoms with Crippen LogP contribution < -0.4 is 5.73 Å². The minimum absolute atomic E-state index is 0.364. The lowest BCUT2D eigenvalue weighted by molar-refractivity contribution is 0.892. The molecule has 2 rings (SSSR count). The van der Waals surface area contributed by atoms with Crippen LogP contribution in [0.15, 0.2) is 12.4 Å². The second-order valence-electron chi connectivity index (χ2n) is 2.29. The topological polar surface area (TPSA) is 69.1 Å². The van der Waals surface area contributed by atoms with Gasteiger partial charge in [-0.2, -0.15) is 9.61 Å². The molecule has 0 aliphatic rings. The van der Waals surface area contributed by atoms with Crippen molar-refractivity contribution in [2.24, 2.45) is 0 Å². The predicted molar refractivity (Wildman–Crippen MR) is 39.9 cm³/mol. The molecule has 0 bridgehead atoms. The van der Waals surface area contributed by atoms with Crippen molar-refractivity contribution in [2.45, 2.75) is 6.92 Å². The fourth-order valence-corrected chi connectivity index (χ4v) is 0.948. The van der Waals surface area contributed by atoms with Gasteiger partial charge in [-0.25, -0.2) is 9.97 Å². The summed E-state index contributed by atoms with van der Waals surface area (Å²) in [5.41, 5.74) is 7.14. The van der Waals surface area contributed by atoms with Crippen LogP contribution in [0.2, 0.25) is 0 Å². The molecule has 0 saturated carbocycles. The van der Waals surface area contributed by atoms with Gasteiger partial charge in [0.15, 0.2) is 5.65 Å². The van der Waals surface area contributed by atoms with Gasteiger partial charge in [-0.1, -0.05) is 0 Å². The van der Waals surface area contributed by atoms with E-state index in [0.29, 0.717) is 5.95 Å². The molecule has 0 aliphatic heterocycles. The highest BCUT2D eigenvalue weighted by atomic mass is 15.3. The van der Waals surface area contributed by atoms with E-state index in [1.54, 1.807) is 0 Å². The van der Waals surface area contributed by atoms with Crippen LogP contribution in [0.5, 0.6) is 0 Å². The third-order valence-corrected chi connectivity index (χ3v) is 1.41. The Kier molecular flexibility index (Phi) is 1.06. The lowest BCUT2D eigenvalue weighted by Gasteiger charge is -1.93. The number of nitrogen functional groups attached to an aromatic ring is 1. The predicted octanol–water partition coefficient (Wildman–Crippen LogP) is 0.0149. The molecule has 5 heteroatoms. The second-order valence-corrected chi connectivity index (χ2v) is 2.29. The molecular weight excluding hydrogens is 142 g/mol. The zero-order valence-electron chi connectivity index (χ0n) is 6.02. The van der Waals surface area contributed by atoms with E-state index in [4.69, 9.17) is 5.73 Å². The molecule has 2 heterocycles. The first-order valence-corrected chi connectivity index (χ1v) is 3.20. The van der Waals surface area contributed by atoms with Gasteiger partial charge in [0.1, 0.15) is 6.33 Å². The molecule has 2 N–H and O–H groups in total. The number of hydrogen-bond acceptors (Lipinski definition) is 4. The first kappa shape index (κ1) is 6.09. The quantitative estimate of drug-likeness (QED) is 0.573. The molecule has 2 aromatic heterocycles. The van der Waals surface area contributed by atoms with E-state index < -0.39 is 0 Å². The molecule has 0 atom stereocenters. The second kappa shape index (κ2) is 1.91. The number of nitrogens with two attached hydrogens (primary N) is 1. The number of hydrogen-bond donors (Lipinski definition) is 1. The summed E-state index contributed by atoms with van der Waals surface area (Å²) in [4.78, 5) is 7.76. The Morgan fingerprint density at radius 1 is 1.45 bits per heavy atom. The van der Waals surface area contributed by atoms with Crippen molar-refractivity contribution in [3.8, 4) is 0 Å². The summed E-state index contributed by atoms with van der Waals surface area (Å²) in [6, 6.07) is 1.85. The smallest absolute Gasteiger partial charge is 0.224 e. The average molecular weight is 149 g/mol. The maximum Gasteiger partial charge on any atom is 0.224 e. The van der Waals surface area contributed by atoms with Crippen LogP contribution in [-0.2, 0) is 0 Å². The summed E-state index contributed by atoms with van der Waals surface area (Å²) < 4.78 is 1.51. The largest absolute Gasteiger partial charge is 0.368 e. The minimum atomic E-state index is 0.364. The van der Waals surface area contributed by atoms with Crippen molar-refractivity contribution < 1.29 is 0 Å². The minimum Gasteiger partial charge on any atom is -0.368 e. The van der Waals surface area contributed by atoms with E-state index >= 15 is 0 Å². The maximum absolute atomic E-state index is 5.52. The SMILES string of the molecule is Cc1cc2ncnc(N)n2n1. The molecule has 0 unspecified atom stereocenters. The Morgan fingerprint density at radius 3 is 3.00 bits per heavy atom. The summed E-state index contributed by atoms with van der Waals surface area (Å²) in [5.74, 6) is 0.364. The highest BCUT2D eigenvalue weighted by molar-refractivity contribution is 5.42. The van der Waals surface area contributed by atoms with Crippen molar-refractivity contribution in [3.63, 3.8) is 0 Å². The highest BCUT2D eigenvalue weighted by Crippen LogP contribution is 2.03. The van der Waals surface area contributed by atoms with Gasteiger partial charge in [0.05, 0.1) is 5.69 Å². The molecule has 2 aromatic rings. The Bertz CT molecular complexity index is 391. The zero-order chi connectivity index (χ0) is 7.84. The van der Waals surface area contributed by atoms with Gasteiger partial charge in [0.2, 0.25) is 5.95 Å². The number of aryl methyl sites for hydroxylation is 1. The Balaban J connectivity index is 2.90. The molecule has 0 spiro atoms. The molecule has 0 radical (unpaired) electrons. The highest BCUT2D eigenvalue weighted by Gasteiger charge is 2.00. The van der Waals surface area contributed by atoms with Crippen LogP contribution >= 0.6 is 0 Å². The van der Waals surface area contributed by atoms with Gasteiger partial charge in [-0.15, -0.1) is 0 Å². The lowest BCUT2D eigenvalue weighted by atomic mass is 10.5. The molecule has 0 aromatic carbocycles. The third kappa shape index (κ3) is 0.813. The number of anilines is 1. The normalized spacial score (nSPS) is 10.6. The van der Waals surface area contributed by atoms with E-state index in [0.717, 1.165) is 11.3 Å². The van der Waals surface area contributed by atoms with Gasteiger partial charge in [0.25, 0.3) is 0 Å². The molecule has 5 nitrogen and oxygen atoms in total. The molecular formula is C6H7N5. The average Bonchev–Trinajstić information content (AvgIpc) is 2.31. The number of aromatic nitrogens is 4. The van der Waals surface area contributed by atoms with Gasteiger partial charge in [-0.3, -0.25) is 0 Å². The van der Waals surface area contributed by atoms with Crippen molar-refractivity contribution >= 4 is 11.6 Å². The lowest BCUT2D eigenvalue weighted by Crippen LogP contribution is -2.02. The van der Waals surface area contributed by atoms with Gasteiger partial charge < -0.3 is 5.73 Å². The summed E-state index contributed by atoms with van der Waals surface area (Å²) >= 11 is 0. The van der Waals surface area contributed by atoms with Crippen molar-refractivity contribution in [3.05, 3.63) is 18.1 Å². The number of fused-ring (bicyclic) bond motifs is 1. The third-order valence-electron chi connectivity index (χ3n) is 1.41. The van der Waals surface area contributed by atoms with Gasteiger partial charge in [0, 0.05) is 6.07 Å². The summed E-state index contributed by atoms with van der Waals surface area (Å²) in [6.45, 7) is 1.88. The zero-order valence-corrected chi connectivity index (χ0v) is 6.02. The van der Waals surface area contributed by atoms with Crippen LogP contribution in [0.1, 0.15) is 5.69 Å². The number of rotatable bonds is 0. The Hall–Kier alpha value is -1.65. The fraction of sp³-hybridized carbons (Fsp3) is 0.167. The van der Waals surface area contributed by atoms with Crippen LogP contribution in [0.3, 0.4) is 0 Å². The van der Waals surface area contributed by atoms with Gasteiger partial charge in [-0.05, 0) is 6.92 Å². The van der Waals surface area contributed by atoms with E-state index in [2.05, 4.69) is 15.1 Å². The maximum atomic E-state index is 5.52. The molecule has 56 valence electrons. The summed E-state index contributed by atoms with van der Waals surface area (Å²) in [5, 5.41) is 4.08.